The number of hydrogen-bond donors (Lipinski definition) is 1. The first-order valence-corrected chi connectivity index (χ1v) is 8.17. The van der Waals surface area contributed by atoms with Crippen molar-refractivity contribution in [2.45, 2.75) is 32.7 Å². The molecule has 9 heteroatoms. The molecule has 1 aliphatic carbocycles. The Kier molecular flexibility index (Phi) is 4.33. The minimum atomic E-state index is -0.262. The van der Waals surface area contributed by atoms with Crippen LogP contribution in [0.3, 0.4) is 0 Å². The predicted molar refractivity (Wildman–Crippen MR) is 87.3 cm³/mol. The number of carbonyl (C=O) groups excluding carboxylic acids is 1. The van der Waals surface area contributed by atoms with E-state index in [1.165, 1.54) is 6.92 Å². The number of ether oxygens (including phenoxy) is 1. The van der Waals surface area contributed by atoms with E-state index in [-0.39, 0.29) is 23.1 Å². The summed E-state index contributed by atoms with van der Waals surface area (Å²) >= 11 is 12.4. The van der Waals surface area contributed by atoms with Crippen molar-refractivity contribution < 1.29 is 9.53 Å². The van der Waals surface area contributed by atoms with E-state index >= 15 is 0 Å². The fourth-order valence-corrected chi connectivity index (χ4v) is 3.82. The summed E-state index contributed by atoms with van der Waals surface area (Å²) in [6, 6.07) is 0.128. The standard InChI is InChI=1S/C14H17Cl2N5O2/c1-3-8-7(5-23-6(2)22)4-9(8)21-12-10(18-13(21)16)11(15)19-14(17)20-12/h7-9H,3-5H2,1-2H3,(H2,17,19,20). The van der Waals surface area contributed by atoms with Gasteiger partial charge in [-0.05, 0) is 29.9 Å². The van der Waals surface area contributed by atoms with Crippen molar-refractivity contribution in [1.29, 1.82) is 0 Å². The molecule has 2 aromatic rings. The number of esters is 1. The van der Waals surface area contributed by atoms with Crippen LogP contribution in [-0.2, 0) is 9.53 Å². The van der Waals surface area contributed by atoms with Gasteiger partial charge in [-0.25, -0.2) is 4.98 Å². The number of hydrogen-bond acceptors (Lipinski definition) is 6. The number of imidazole rings is 1. The SMILES string of the molecule is CCC1C(COC(C)=O)CC1n1c(Cl)nc2c(Cl)nc(N)nc21. The summed E-state index contributed by atoms with van der Waals surface area (Å²) in [5.41, 5.74) is 6.68. The highest BCUT2D eigenvalue weighted by atomic mass is 35.5. The zero-order chi connectivity index (χ0) is 16.7. The fraction of sp³-hybridized carbons (Fsp3) is 0.571. The van der Waals surface area contributed by atoms with Crippen LogP contribution in [0, 0.1) is 11.8 Å². The van der Waals surface area contributed by atoms with Crippen LogP contribution in [0.25, 0.3) is 11.2 Å². The van der Waals surface area contributed by atoms with Gasteiger partial charge in [-0.2, -0.15) is 9.97 Å². The Labute approximate surface area is 143 Å². The summed E-state index contributed by atoms with van der Waals surface area (Å²) in [6.07, 6.45) is 1.76. The van der Waals surface area contributed by atoms with Crippen LogP contribution in [0.4, 0.5) is 5.95 Å². The quantitative estimate of drug-likeness (QED) is 0.513. The van der Waals surface area contributed by atoms with Crippen LogP contribution in [0.2, 0.25) is 10.4 Å². The Bertz CT molecular complexity index is 763. The Morgan fingerprint density at radius 1 is 1.39 bits per heavy atom. The average Bonchev–Trinajstić information content (AvgIpc) is 2.75. The van der Waals surface area contributed by atoms with Crippen LogP contribution in [0.1, 0.15) is 32.7 Å². The lowest BCUT2D eigenvalue weighted by molar-refractivity contribution is -0.145. The zero-order valence-corrected chi connectivity index (χ0v) is 14.3. The second kappa shape index (κ2) is 6.13. The van der Waals surface area contributed by atoms with E-state index in [1.807, 2.05) is 4.57 Å². The summed E-state index contributed by atoms with van der Waals surface area (Å²) < 4.78 is 7.00. The molecule has 0 aromatic carbocycles. The molecule has 3 unspecified atom stereocenters. The Morgan fingerprint density at radius 2 is 2.13 bits per heavy atom. The molecule has 0 aliphatic heterocycles. The lowest BCUT2D eigenvalue weighted by Crippen LogP contribution is -2.41. The molecule has 0 amide bonds. The number of aromatic nitrogens is 4. The normalized spacial score (nSPS) is 23.7. The molecule has 2 N–H and O–H groups in total. The third-order valence-corrected chi connectivity index (χ3v) is 4.95. The van der Waals surface area contributed by atoms with Gasteiger partial charge in [-0.1, -0.05) is 24.9 Å². The zero-order valence-electron chi connectivity index (χ0n) is 12.8. The molecule has 0 spiro atoms. The summed E-state index contributed by atoms with van der Waals surface area (Å²) in [6.45, 7) is 3.94. The van der Waals surface area contributed by atoms with Gasteiger partial charge in [0.15, 0.2) is 10.8 Å². The molecule has 23 heavy (non-hydrogen) atoms. The fourth-order valence-electron chi connectivity index (χ4n) is 3.32. The topological polar surface area (TPSA) is 95.9 Å². The molecule has 3 rings (SSSR count). The maximum absolute atomic E-state index is 11.0. The van der Waals surface area contributed by atoms with Crippen LogP contribution >= 0.6 is 23.2 Å². The summed E-state index contributed by atoms with van der Waals surface area (Å²) in [5.74, 6) is 0.446. The Balaban J connectivity index is 1.92. The average molecular weight is 358 g/mol. The van der Waals surface area contributed by atoms with E-state index in [0.717, 1.165) is 12.8 Å². The summed E-state index contributed by atoms with van der Waals surface area (Å²) in [4.78, 5) is 23.4. The monoisotopic (exact) mass is 357 g/mol. The molecular formula is C14H17Cl2N5O2. The minimum Gasteiger partial charge on any atom is -0.466 e. The smallest absolute Gasteiger partial charge is 0.302 e. The van der Waals surface area contributed by atoms with Gasteiger partial charge in [0, 0.05) is 13.0 Å². The molecule has 2 heterocycles. The van der Waals surface area contributed by atoms with Crippen molar-refractivity contribution in [3.8, 4) is 0 Å². The number of nitrogens with zero attached hydrogens (tertiary/aromatic N) is 4. The van der Waals surface area contributed by atoms with Gasteiger partial charge in [0.05, 0.1) is 6.61 Å². The second-order valence-electron chi connectivity index (χ2n) is 5.73. The highest BCUT2D eigenvalue weighted by Crippen LogP contribution is 2.48. The van der Waals surface area contributed by atoms with Gasteiger partial charge in [0.25, 0.3) is 0 Å². The van der Waals surface area contributed by atoms with Crippen molar-refractivity contribution in [1.82, 2.24) is 19.5 Å². The van der Waals surface area contributed by atoms with Gasteiger partial charge >= 0.3 is 5.97 Å². The lowest BCUT2D eigenvalue weighted by Gasteiger charge is -2.44. The van der Waals surface area contributed by atoms with Crippen LogP contribution in [0.15, 0.2) is 0 Å². The number of carbonyl (C=O) groups is 1. The first-order chi connectivity index (χ1) is 10.9. The highest BCUT2D eigenvalue weighted by Gasteiger charge is 2.43. The number of anilines is 1. The molecule has 0 radical (unpaired) electrons. The first kappa shape index (κ1) is 16.3. The molecule has 3 atom stereocenters. The van der Waals surface area contributed by atoms with Gasteiger partial charge in [-0.3, -0.25) is 9.36 Å². The van der Waals surface area contributed by atoms with Gasteiger partial charge in [-0.15, -0.1) is 0 Å². The molecule has 0 saturated heterocycles. The first-order valence-electron chi connectivity index (χ1n) is 7.42. The van der Waals surface area contributed by atoms with Gasteiger partial charge in [0.1, 0.15) is 5.52 Å². The van der Waals surface area contributed by atoms with Crippen molar-refractivity contribution in [3.63, 3.8) is 0 Å². The Morgan fingerprint density at radius 3 is 2.78 bits per heavy atom. The molecule has 1 fully saturated rings. The molecule has 124 valence electrons. The van der Waals surface area contributed by atoms with Crippen molar-refractivity contribution in [2.75, 3.05) is 12.3 Å². The van der Waals surface area contributed by atoms with Gasteiger partial charge < -0.3 is 10.5 Å². The second-order valence-corrected chi connectivity index (χ2v) is 6.43. The highest BCUT2D eigenvalue weighted by molar-refractivity contribution is 6.34. The number of nitrogen functional groups attached to an aromatic ring is 1. The van der Waals surface area contributed by atoms with Crippen molar-refractivity contribution in [3.05, 3.63) is 10.4 Å². The number of halogens is 2. The summed E-state index contributed by atoms with van der Waals surface area (Å²) in [7, 11) is 0. The molecule has 7 nitrogen and oxygen atoms in total. The number of fused-ring (bicyclic) bond motifs is 1. The number of nitrogens with two attached hydrogens (primary N) is 1. The van der Waals surface area contributed by atoms with E-state index < -0.39 is 0 Å². The Hall–Kier alpha value is -1.60. The molecule has 1 saturated carbocycles. The largest absolute Gasteiger partial charge is 0.466 e. The van der Waals surface area contributed by atoms with Crippen molar-refractivity contribution in [2.24, 2.45) is 11.8 Å². The molecule has 2 aromatic heterocycles. The van der Waals surface area contributed by atoms with Crippen molar-refractivity contribution >= 4 is 46.3 Å². The van der Waals surface area contributed by atoms with E-state index in [2.05, 4.69) is 21.9 Å². The van der Waals surface area contributed by atoms with E-state index in [9.17, 15) is 4.79 Å². The van der Waals surface area contributed by atoms with Crippen LogP contribution in [-0.4, -0.2) is 32.1 Å². The third-order valence-electron chi connectivity index (χ3n) is 4.42. The summed E-state index contributed by atoms with van der Waals surface area (Å²) in [5, 5.41) is 0.508. The van der Waals surface area contributed by atoms with Gasteiger partial charge in [0.2, 0.25) is 11.2 Å². The predicted octanol–water partition coefficient (Wildman–Crippen LogP) is 2.87. The maximum atomic E-state index is 11.0. The third kappa shape index (κ3) is 2.83. The minimum absolute atomic E-state index is 0.0872. The molecular weight excluding hydrogens is 341 g/mol. The molecule has 0 bridgehead atoms. The molecule has 1 aliphatic rings. The maximum Gasteiger partial charge on any atom is 0.302 e. The number of rotatable bonds is 4. The lowest BCUT2D eigenvalue weighted by atomic mass is 9.68. The van der Waals surface area contributed by atoms with E-state index in [1.54, 1.807) is 0 Å². The van der Waals surface area contributed by atoms with E-state index in [4.69, 9.17) is 33.7 Å². The van der Waals surface area contributed by atoms with E-state index in [0.29, 0.717) is 34.9 Å². The van der Waals surface area contributed by atoms with Crippen LogP contribution in [0.5, 0.6) is 0 Å². The van der Waals surface area contributed by atoms with Crippen LogP contribution < -0.4 is 5.73 Å².